The van der Waals surface area contributed by atoms with Crippen LogP contribution in [0.25, 0.3) is 37.8 Å². The van der Waals surface area contributed by atoms with E-state index >= 15 is 0 Å². The minimum absolute atomic E-state index is 0. The zero-order valence-electron chi connectivity index (χ0n) is 22.0. The second kappa shape index (κ2) is 15.9. The first-order valence-corrected chi connectivity index (χ1v) is 12.4. The second-order valence-electron chi connectivity index (χ2n) is 8.39. The molecule has 205 valence electrons. The number of pyridine rings is 2. The number of para-hydroxylation sites is 4. The van der Waals surface area contributed by atoms with Crippen LogP contribution in [0.2, 0.25) is 0 Å². The molecule has 0 atom stereocenters. The number of benzene rings is 4. The third kappa shape index (κ3) is 8.24. The Morgan fingerprint density at radius 2 is 0.929 bits per heavy atom. The first kappa shape index (κ1) is 31.0. The van der Waals surface area contributed by atoms with Crippen LogP contribution >= 0.6 is 0 Å². The summed E-state index contributed by atoms with van der Waals surface area (Å²) in [5.74, 6) is -0.0566. The predicted molar refractivity (Wildman–Crippen MR) is 160 cm³/mol. The molecule has 2 aromatic heterocycles. The van der Waals surface area contributed by atoms with E-state index in [9.17, 15) is 10.2 Å². The Morgan fingerprint density at radius 3 is 1.33 bits per heavy atom. The number of aliphatic imine (C=N–C) groups is 2. The van der Waals surface area contributed by atoms with Crippen molar-refractivity contribution >= 4 is 45.6 Å². The molecule has 0 aliphatic rings. The number of nitrogens with zero attached hydrogens (tertiary/aromatic N) is 7. The van der Waals surface area contributed by atoms with Gasteiger partial charge in [0.25, 0.3) is 0 Å². The molecular formula is C32H22FeN7O2. The summed E-state index contributed by atoms with van der Waals surface area (Å²) >= 11 is 0. The summed E-state index contributed by atoms with van der Waals surface area (Å²) in [6.45, 7) is 0. The van der Waals surface area contributed by atoms with Crippen molar-refractivity contribution in [1.82, 2.24) is 9.97 Å². The fraction of sp³-hybridized carbons (Fsp3) is 0. The Hall–Kier alpha value is -5.53. The van der Waals surface area contributed by atoms with Crippen LogP contribution in [0.1, 0.15) is 11.1 Å². The molecule has 1 radical (unpaired) electrons. The first-order valence-electron chi connectivity index (χ1n) is 12.4. The Labute approximate surface area is 252 Å². The number of hydrogen-bond donors (Lipinski definition) is 0. The molecule has 42 heavy (non-hydrogen) atoms. The van der Waals surface area contributed by atoms with Gasteiger partial charge in [-0.25, -0.2) is 0 Å². The van der Waals surface area contributed by atoms with Gasteiger partial charge < -0.3 is 21.3 Å². The van der Waals surface area contributed by atoms with E-state index in [-0.39, 0.29) is 28.6 Å². The molecule has 6 rings (SSSR count). The van der Waals surface area contributed by atoms with Gasteiger partial charge in [-0.15, -0.1) is 11.5 Å². The van der Waals surface area contributed by atoms with Crippen molar-refractivity contribution in [3.63, 3.8) is 0 Å². The fourth-order valence-electron chi connectivity index (χ4n) is 3.84. The van der Waals surface area contributed by atoms with E-state index in [0.29, 0.717) is 11.1 Å². The number of hydrogen-bond acceptors (Lipinski definition) is 6. The summed E-state index contributed by atoms with van der Waals surface area (Å²) in [6, 6.07) is 33.0. The number of fused-ring (bicyclic) bond motifs is 2. The molecular weight excluding hydrogens is 570 g/mol. The van der Waals surface area contributed by atoms with Crippen LogP contribution in [0, 0.1) is 0 Å². The Balaban J connectivity index is 0.000000207. The van der Waals surface area contributed by atoms with Gasteiger partial charge in [0.15, 0.2) is 0 Å². The third-order valence-corrected chi connectivity index (χ3v) is 5.75. The van der Waals surface area contributed by atoms with E-state index in [1.807, 2.05) is 72.8 Å². The van der Waals surface area contributed by atoms with Crippen LogP contribution in [0.5, 0.6) is 11.5 Å². The minimum atomic E-state index is -0.0283. The molecule has 0 aliphatic heterocycles. The first-order chi connectivity index (χ1) is 20.1. The summed E-state index contributed by atoms with van der Waals surface area (Å²) in [5.41, 5.74) is 17.9. The molecule has 6 aromatic rings. The molecule has 4 aromatic carbocycles. The maximum absolute atomic E-state index is 11.6. The van der Waals surface area contributed by atoms with Crippen molar-refractivity contribution in [3.05, 3.63) is 149 Å². The van der Waals surface area contributed by atoms with Gasteiger partial charge in [-0.3, -0.25) is 24.9 Å². The summed E-state index contributed by atoms with van der Waals surface area (Å²) < 4.78 is 0. The van der Waals surface area contributed by atoms with Gasteiger partial charge in [-0.1, -0.05) is 84.9 Å². The third-order valence-electron chi connectivity index (χ3n) is 5.75. The van der Waals surface area contributed by atoms with Crippen molar-refractivity contribution in [2.45, 2.75) is 0 Å². The molecule has 0 bridgehead atoms. The molecule has 0 fully saturated rings. The zero-order chi connectivity index (χ0) is 28.9. The number of aromatic nitrogens is 2. The topological polar surface area (TPSA) is 155 Å². The van der Waals surface area contributed by atoms with Gasteiger partial charge in [-0.2, -0.15) is 0 Å². The minimum Gasteiger partial charge on any atom is -0.872 e. The van der Waals surface area contributed by atoms with E-state index in [2.05, 4.69) is 20.0 Å². The summed E-state index contributed by atoms with van der Waals surface area (Å²) in [5, 5.41) is 25.3. The second-order valence-corrected chi connectivity index (χ2v) is 8.39. The smallest absolute Gasteiger partial charge is 0.872 e. The fourth-order valence-corrected chi connectivity index (χ4v) is 3.84. The van der Waals surface area contributed by atoms with E-state index in [4.69, 9.17) is 11.1 Å². The largest absolute Gasteiger partial charge is 3.00 e. The monoisotopic (exact) mass is 592 g/mol. The SMILES string of the molecule is [Fe+3].[N-]=[N+]=[N-].[O-]c1ccccc1C=Nc1cccc2cccnc12.[O-]c1ccccc1C=Nc1cccc2cccnc12. The van der Waals surface area contributed by atoms with E-state index in [0.717, 1.165) is 33.2 Å². The van der Waals surface area contributed by atoms with Crippen molar-refractivity contribution in [2.24, 2.45) is 9.98 Å². The van der Waals surface area contributed by atoms with Crippen LogP contribution in [0.4, 0.5) is 11.4 Å². The molecule has 0 spiro atoms. The van der Waals surface area contributed by atoms with Crippen molar-refractivity contribution < 1.29 is 27.3 Å². The summed E-state index contributed by atoms with van der Waals surface area (Å²) in [6.07, 6.45) is 6.66. The van der Waals surface area contributed by atoms with E-state index in [1.54, 1.807) is 49.1 Å². The maximum atomic E-state index is 11.6. The Bertz CT molecular complexity index is 1730. The van der Waals surface area contributed by atoms with Crippen LogP contribution in [-0.4, -0.2) is 22.4 Å². The zero-order valence-corrected chi connectivity index (χ0v) is 23.1. The Morgan fingerprint density at radius 1 is 0.548 bits per heavy atom. The van der Waals surface area contributed by atoms with Crippen molar-refractivity contribution in [2.75, 3.05) is 0 Å². The molecule has 0 unspecified atom stereocenters. The molecule has 0 N–H and O–H groups in total. The quantitative estimate of drug-likeness (QED) is 0.0712. The average Bonchev–Trinajstić information content (AvgIpc) is 3.01. The normalized spacial score (nSPS) is 10.3. The van der Waals surface area contributed by atoms with E-state index < -0.39 is 0 Å². The van der Waals surface area contributed by atoms with E-state index in [1.165, 1.54) is 17.0 Å². The van der Waals surface area contributed by atoms with Crippen molar-refractivity contribution in [1.29, 1.82) is 0 Å². The summed E-state index contributed by atoms with van der Waals surface area (Å²) in [7, 11) is 0. The standard InChI is InChI=1S/2C16H12N2O.Fe.N3/c2*19-15-9-2-1-5-13(15)11-18-14-8-3-6-12-7-4-10-17-16(12)14;;1-3-2/h2*1-11,19H;;/q;;+3;-1/p-2. The van der Waals surface area contributed by atoms with Gasteiger partial charge in [0.2, 0.25) is 0 Å². The van der Waals surface area contributed by atoms with Gasteiger partial charge in [0, 0.05) is 35.6 Å². The van der Waals surface area contributed by atoms with Gasteiger partial charge in [0.05, 0.1) is 22.4 Å². The molecule has 2 heterocycles. The Kier molecular flexibility index (Phi) is 11.7. The van der Waals surface area contributed by atoms with Crippen LogP contribution < -0.4 is 10.2 Å². The van der Waals surface area contributed by atoms with Gasteiger partial charge in [-0.05, 0) is 35.4 Å². The average molecular weight is 592 g/mol. The molecule has 9 nitrogen and oxygen atoms in total. The van der Waals surface area contributed by atoms with Crippen LogP contribution in [0.15, 0.2) is 132 Å². The van der Waals surface area contributed by atoms with Crippen LogP contribution in [-0.2, 0) is 17.1 Å². The number of rotatable bonds is 4. The molecule has 0 aliphatic carbocycles. The maximum Gasteiger partial charge on any atom is 3.00 e. The predicted octanol–water partition coefficient (Wildman–Crippen LogP) is 6.98. The van der Waals surface area contributed by atoms with Gasteiger partial charge in [0.1, 0.15) is 0 Å². The molecule has 0 saturated heterocycles. The van der Waals surface area contributed by atoms with Crippen LogP contribution in [0.3, 0.4) is 0 Å². The molecule has 10 heteroatoms. The van der Waals surface area contributed by atoms with Crippen molar-refractivity contribution in [3.8, 4) is 11.5 Å². The molecule has 0 amide bonds. The van der Waals surface area contributed by atoms with Gasteiger partial charge >= 0.3 is 17.1 Å². The summed E-state index contributed by atoms with van der Waals surface area (Å²) in [4.78, 5) is 18.9. The molecule has 0 saturated carbocycles.